The van der Waals surface area contributed by atoms with Crippen LogP contribution in [0.25, 0.3) is 22.2 Å². The van der Waals surface area contributed by atoms with Crippen LogP contribution in [-0.2, 0) is 0 Å². The number of benzene rings is 1. The Bertz CT molecular complexity index is 1080. The van der Waals surface area contributed by atoms with Crippen molar-refractivity contribution in [2.24, 2.45) is 0 Å². The fraction of sp³-hybridized carbons (Fsp3) is 0.111. The zero-order valence-corrected chi connectivity index (χ0v) is 15.1. The Balaban J connectivity index is 1.71. The molecule has 0 aliphatic rings. The minimum atomic E-state index is -0.570. The lowest BCUT2D eigenvalue weighted by Crippen LogP contribution is -2.16. The van der Waals surface area contributed by atoms with Crippen molar-refractivity contribution in [2.45, 2.75) is 13.0 Å². The van der Waals surface area contributed by atoms with E-state index in [0.717, 1.165) is 22.2 Å². The lowest BCUT2D eigenvalue weighted by molar-refractivity contribution is 0.0562. The van der Waals surface area contributed by atoms with E-state index in [1.807, 2.05) is 12.1 Å². The molecule has 0 saturated heterocycles. The highest BCUT2D eigenvalue weighted by Gasteiger charge is 2.19. The van der Waals surface area contributed by atoms with Gasteiger partial charge in [0.15, 0.2) is 6.10 Å². The van der Waals surface area contributed by atoms with E-state index in [1.54, 1.807) is 36.4 Å². The molecular formula is C18H13Cl2FN4O. The van der Waals surface area contributed by atoms with E-state index in [2.05, 4.69) is 15.2 Å². The van der Waals surface area contributed by atoms with Gasteiger partial charge in [0.1, 0.15) is 11.3 Å². The van der Waals surface area contributed by atoms with Crippen molar-refractivity contribution in [3.05, 3.63) is 70.5 Å². The second-order valence-electron chi connectivity index (χ2n) is 5.76. The Morgan fingerprint density at radius 2 is 2.04 bits per heavy atom. The minimum absolute atomic E-state index is 0.0429. The molecule has 0 aliphatic carbocycles. The van der Waals surface area contributed by atoms with Gasteiger partial charge in [-0.25, -0.2) is 4.39 Å². The fourth-order valence-corrected chi connectivity index (χ4v) is 3.46. The van der Waals surface area contributed by atoms with Crippen LogP contribution < -0.4 is 4.84 Å². The zero-order valence-electron chi connectivity index (χ0n) is 13.6. The number of halogens is 3. The van der Waals surface area contributed by atoms with Crippen molar-refractivity contribution in [2.75, 3.05) is 0 Å². The second kappa shape index (κ2) is 6.63. The third kappa shape index (κ3) is 2.91. The normalized spacial score (nSPS) is 12.5. The summed E-state index contributed by atoms with van der Waals surface area (Å²) in [5, 5.41) is 7.03. The molecule has 132 valence electrons. The molecule has 4 aromatic rings. The van der Waals surface area contributed by atoms with Gasteiger partial charge in [-0.1, -0.05) is 23.2 Å². The van der Waals surface area contributed by atoms with E-state index in [1.165, 1.54) is 12.1 Å². The first-order chi connectivity index (χ1) is 12.5. The summed E-state index contributed by atoms with van der Waals surface area (Å²) in [4.78, 5) is 10.4. The lowest BCUT2D eigenvalue weighted by Gasteiger charge is -2.18. The summed E-state index contributed by atoms with van der Waals surface area (Å²) in [7, 11) is 0. The summed E-state index contributed by atoms with van der Waals surface area (Å²) in [6, 6.07) is 6.46. The maximum atomic E-state index is 13.8. The zero-order chi connectivity index (χ0) is 18.3. The SMILES string of the molecule is CC(On1ccc2ncc(-c3cn[nH]c3)cc21)c1c(Cl)ccc(F)c1Cl. The molecular weight excluding hydrogens is 378 g/mol. The molecule has 0 bridgehead atoms. The van der Waals surface area contributed by atoms with E-state index < -0.39 is 11.9 Å². The van der Waals surface area contributed by atoms with Crippen molar-refractivity contribution in [1.29, 1.82) is 0 Å². The molecule has 8 heteroatoms. The van der Waals surface area contributed by atoms with Gasteiger partial charge in [-0.3, -0.25) is 10.1 Å². The highest BCUT2D eigenvalue weighted by atomic mass is 35.5. The van der Waals surface area contributed by atoms with Crippen molar-refractivity contribution in [3.63, 3.8) is 0 Å². The summed E-state index contributed by atoms with van der Waals surface area (Å²) in [5.41, 5.74) is 3.73. The molecule has 3 aromatic heterocycles. The molecule has 1 aromatic carbocycles. The number of aromatic nitrogens is 4. The first-order valence-corrected chi connectivity index (χ1v) is 8.57. The quantitative estimate of drug-likeness (QED) is 0.495. The van der Waals surface area contributed by atoms with Crippen molar-refractivity contribution in [1.82, 2.24) is 19.9 Å². The van der Waals surface area contributed by atoms with Crippen molar-refractivity contribution < 1.29 is 9.23 Å². The number of hydrogen-bond acceptors (Lipinski definition) is 3. The van der Waals surface area contributed by atoms with Gasteiger partial charge >= 0.3 is 0 Å². The minimum Gasteiger partial charge on any atom is -0.406 e. The summed E-state index contributed by atoms with van der Waals surface area (Å²) in [5.74, 6) is -0.539. The summed E-state index contributed by atoms with van der Waals surface area (Å²) in [6.07, 6.45) is 6.44. The number of nitrogens with zero attached hydrogens (tertiary/aromatic N) is 3. The molecule has 5 nitrogen and oxygen atoms in total. The van der Waals surface area contributed by atoms with Crippen LogP contribution in [0.4, 0.5) is 4.39 Å². The number of H-pyrrole nitrogens is 1. The summed E-state index contributed by atoms with van der Waals surface area (Å²) in [6.45, 7) is 1.76. The maximum Gasteiger partial charge on any atom is 0.150 e. The van der Waals surface area contributed by atoms with Crippen LogP contribution in [0, 0.1) is 5.82 Å². The smallest absolute Gasteiger partial charge is 0.150 e. The first kappa shape index (κ1) is 16.9. The van der Waals surface area contributed by atoms with Gasteiger partial charge in [0.2, 0.25) is 0 Å². The molecule has 0 spiro atoms. The molecule has 0 saturated carbocycles. The third-order valence-electron chi connectivity index (χ3n) is 4.09. The Morgan fingerprint density at radius 1 is 1.19 bits per heavy atom. The molecule has 0 aliphatic heterocycles. The highest BCUT2D eigenvalue weighted by Crippen LogP contribution is 2.33. The highest BCUT2D eigenvalue weighted by molar-refractivity contribution is 6.36. The molecule has 1 atom stereocenters. The summed E-state index contributed by atoms with van der Waals surface area (Å²) < 4.78 is 15.4. The molecule has 26 heavy (non-hydrogen) atoms. The molecule has 3 heterocycles. The Morgan fingerprint density at radius 3 is 2.81 bits per heavy atom. The van der Waals surface area contributed by atoms with Gasteiger partial charge < -0.3 is 4.84 Å². The van der Waals surface area contributed by atoms with Gasteiger partial charge in [-0.05, 0) is 31.2 Å². The molecule has 1 N–H and O–H groups in total. The van der Waals surface area contributed by atoms with Gasteiger partial charge in [-0.2, -0.15) is 9.83 Å². The number of aromatic amines is 1. The average molecular weight is 391 g/mol. The second-order valence-corrected chi connectivity index (χ2v) is 6.55. The molecule has 0 amide bonds. The Kier molecular flexibility index (Phi) is 4.30. The molecule has 0 fully saturated rings. The van der Waals surface area contributed by atoms with Crippen molar-refractivity contribution in [3.8, 4) is 11.1 Å². The van der Waals surface area contributed by atoms with Crippen LogP contribution in [0.3, 0.4) is 0 Å². The predicted octanol–water partition coefficient (Wildman–Crippen LogP) is 5.06. The number of pyridine rings is 1. The van der Waals surface area contributed by atoms with Crippen LogP contribution in [0.2, 0.25) is 10.0 Å². The van der Waals surface area contributed by atoms with Gasteiger partial charge in [0.25, 0.3) is 0 Å². The van der Waals surface area contributed by atoms with E-state index >= 15 is 0 Å². The largest absolute Gasteiger partial charge is 0.406 e. The van der Waals surface area contributed by atoms with Crippen LogP contribution in [0.1, 0.15) is 18.6 Å². The molecule has 1 unspecified atom stereocenters. The topological polar surface area (TPSA) is 55.7 Å². The number of rotatable bonds is 4. The Hall–Kier alpha value is -2.57. The fourth-order valence-electron chi connectivity index (χ4n) is 2.78. The standard InChI is InChI=1S/C18H13Cl2FN4O/c1-10(17-13(19)2-3-14(21)18(17)20)26-25-5-4-15-16(25)6-11(7-22-15)12-8-23-24-9-12/h2-10H,1H3,(H,23,24). The molecule has 4 rings (SSSR count). The van der Waals surface area contributed by atoms with Crippen LogP contribution in [-0.4, -0.2) is 19.9 Å². The number of nitrogens with one attached hydrogen (secondary N) is 1. The first-order valence-electron chi connectivity index (χ1n) is 7.81. The summed E-state index contributed by atoms with van der Waals surface area (Å²) >= 11 is 12.3. The van der Waals surface area contributed by atoms with Crippen molar-refractivity contribution >= 4 is 34.2 Å². The van der Waals surface area contributed by atoms with Gasteiger partial charge in [-0.15, -0.1) is 0 Å². The number of hydrogen-bond donors (Lipinski definition) is 1. The lowest BCUT2D eigenvalue weighted by atomic mass is 10.1. The number of fused-ring (bicyclic) bond motifs is 1. The van der Waals surface area contributed by atoms with Crippen LogP contribution >= 0.6 is 23.2 Å². The molecule has 0 radical (unpaired) electrons. The van der Waals surface area contributed by atoms with Crippen LogP contribution in [0.5, 0.6) is 0 Å². The average Bonchev–Trinajstić information content (AvgIpc) is 3.28. The predicted molar refractivity (Wildman–Crippen MR) is 98.7 cm³/mol. The van der Waals surface area contributed by atoms with Crippen LogP contribution in [0.15, 0.2) is 49.1 Å². The van der Waals surface area contributed by atoms with E-state index in [-0.39, 0.29) is 5.02 Å². The van der Waals surface area contributed by atoms with E-state index in [0.29, 0.717) is 10.6 Å². The Labute approximate surface area is 158 Å². The monoisotopic (exact) mass is 390 g/mol. The van der Waals surface area contributed by atoms with E-state index in [9.17, 15) is 4.39 Å². The van der Waals surface area contributed by atoms with E-state index in [4.69, 9.17) is 28.0 Å². The maximum absolute atomic E-state index is 13.8. The third-order valence-corrected chi connectivity index (χ3v) is 4.81. The van der Waals surface area contributed by atoms with Gasteiger partial charge in [0, 0.05) is 40.3 Å². The van der Waals surface area contributed by atoms with Gasteiger partial charge in [0.05, 0.1) is 16.7 Å².